The van der Waals surface area contributed by atoms with E-state index in [9.17, 15) is 5.26 Å². The van der Waals surface area contributed by atoms with Gasteiger partial charge >= 0.3 is 0 Å². The van der Waals surface area contributed by atoms with Crippen LogP contribution in [0.25, 0.3) is 0 Å². The van der Waals surface area contributed by atoms with Gasteiger partial charge in [-0.15, -0.1) is 0 Å². The van der Waals surface area contributed by atoms with Gasteiger partial charge in [-0.2, -0.15) is 10.4 Å². The number of hydrogen-bond donors (Lipinski definition) is 1. The van der Waals surface area contributed by atoms with E-state index in [2.05, 4.69) is 37.3 Å². The van der Waals surface area contributed by atoms with Crippen LogP contribution in [0.4, 0.5) is 5.69 Å². The maximum absolute atomic E-state index is 9.56. The first-order chi connectivity index (χ1) is 9.81. The van der Waals surface area contributed by atoms with Gasteiger partial charge in [0.1, 0.15) is 6.04 Å². The summed E-state index contributed by atoms with van der Waals surface area (Å²) < 4.78 is 1.78. The van der Waals surface area contributed by atoms with Gasteiger partial charge in [-0.1, -0.05) is 32.9 Å². The first-order valence-corrected chi connectivity index (χ1v) is 7.08. The molecule has 0 spiro atoms. The maximum Gasteiger partial charge on any atom is 0.143 e. The molecular formula is C17H22N4. The predicted molar refractivity (Wildman–Crippen MR) is 85.1 cm³/mol. The van der Waals surface area contributed by atoms with Crippen LogP contribution in [0.3, 0.4) is 0 Å². The molecule has 110 valence electrons. The Morgan fingerprint density at radius 2 is 2.05 bits per heavy atom. The van der Waals surface area contributed by atoms with E-state index >= 15 is 0 Å². The van der Waals surface area contributed by atoms with Crippen LogP contribution in [0.15, 0.2) is 30.5 Å². The molecule has 21 heavy (non-hydrogen) atoms. The first-order valence-electron chi connectivity index (χ1n) is 7.08. The Kier molecular flexibility index (Phi) is 4.04. The van der Waals surface area contributed by atoms with Gasteiger partial charge in [-0.05, 0) is 24.6 Å². The van der Waals surface area contributed by atoms with Crippen LogP contribution in [0.1, 0.15) is 43.6 Å². The Hall–Kier alpha value is -2.28. The highest BCUT2D eigenvalue weighted by Gasteiger charge is 2.26. The van der Waals surface area contributed by atoms with E-state index in [0.29, 0.717) is 0 Å². The van der Waals surface area contributed by atoms with E-state index in [1.54, 1.807) is 4.68 Å². The van der Waals surface area contributed by atoms with Crippen LogP contribution < -0.4 is 5.32 Å². The standard InChI is InChI=1S/C17H22N4/c1-12-7-6-8-13(9-12)19-15(10-18)14-11-21(5)20-16(14)17(2,3)4/h6-9,11,15,19H,1-5H3. The molecule has 2 aromatic rings. The van der Waals surface area contributed by atoms with Crippen molar-refractivity contribution in [3.63, 3.8) is 0 Å². The maximum atomic E-state index is 9.56. The summed E-state index contributed by atoms with van der Waals surface area (Å²) in [7, 11) is 1.89. The summed E-state index contributed by atoms with van der Waals surface area (Å²) in [5, 5.41) is 17.4. The summed E-state index contributed by atoms with van der Waals surface area (Å²) in [5.41, 5.74) is 3.91. The second kappa shape index (κ2) is 5.61. The van der Waals surface area contributed by atoms with E-state index in [1.807, 2.05) is 44.4 Å². The number of nitrogens with zero attached hydrogens (tertiary/aromatic N) is 3. The van der Waals surface area contributed by atoms with Crippen LogP contribution >= 0.6 is 0 Å². The van der Waals surface area contributed by atoms with Crippen molar-refractivity contribution in [3.8, 4) is 6.07 Å². The normalized spacial score (nSPS) is 12.8. The topological polar surface area (TPSA) is 53.6 Å². The third-order valence-corrected chi connectivity index (χ3v) is 3.34. The lowest BCUT2D eigenvalue weighted by Gasteiger charge is -2.20. The first kappa shape index (κ1) is 15.1. The zero-order valence-corrected chi connectivity index (χ0v) is 13.3. The molecular weight excluding hydrogens is 260 g/mol. The van der Waals surface area contributed by atoms with E-state index < -0.39 is 6.04 Å². The van der Waals surface area contributed by atoms with Gasteiger partial charge in [0.25, 0.3) is 0 Å². The third-order valence-electron chi connectivity index (χ3n) is 3.34. The van der Waals surface area contributed by atoms with Crippen LogP contribution in [0.5, 0.6) is 0 Å². The number of hydrogen-bond acceptors (Lipinski definition) is 3. The number of nitrogens with one attached hydrogen (secondary N) is 1. The van der Waals surface area contributed by atoms with E-state index in [1.165, 1.54) is 5.56 Å². The van der Waals surface area contributed by atoms with Crippen LogP contribution in [0.2, 0.25) is 0 Å². The van der Waals surface area contributed by atoms with Gasteiger partial charge in [-0.25, -0.2) is 0 Å². The molecule has 0 aliphatic carbocycles. The molecule has 0 aliphatic heterocycles. The highest BCUT2D eigenvalue weighted by atomic mass is 15.3. The number of rotatable bonds is 3. The molecule has 1 heterocycles. The van der Waals surface area contributed by atoms with Crippen molar-refractivity contribution in [1.82, 2.24) is 9.78 Å². The zero-order chi connectivity index (χ0) is 15.6. The minimum absolute atomic E-state index is 0.0972. The number of aryl methyl sites for hydroxylation is 2. The Morgan fingerprint density at radius 1 is 1.33 bits per heavy atom. The van der Waals surface area contributed by atoms with Crippen LogP contribution in [-0.4, -0.2) is 9.78 Å². The Morgan fingerprint density at radius 3 is 2.62 bits per heavy atom. The minimum Gasteiger partial charge on any atom is -0.366 e. The molecule has 1 N–H and O–H groups in total. The number of anilines is 1. The molecule has 2 rings (SSSR count). The van der Waals surface area contributed by atoms with Crippen molar-refractivity contribution in [2.45, 2.75) is 39.2 Å². The molecule has 1 aromatic carbocycles. The monoisotopic (exact) mass is 282 g/mol. The van der Waals surface area contributed by atoms with Gasteiger partial charge in [0.2, 0.25) is 0 Å². The van der Waals surface area contributed by atoms with Crippen molar-refractivity contribution in [1.29, 1.82) is 5.26 Å². The molecule has 0 bridgehead atoms. The lowest BCUT2D eigenvalue weighted by Crippen LogP contribution is -2.18. The van der Waals surface area contributed by atoms with Crippen LogP contribution in [0, 0.1) is 18.3 Å². The van der Waals surface area contributed by atoms with Gasteiger partial charge in [0.05, 0.1) is 11.8 Å². The van der Waals surface area contributed by atoms with E-state index in [0.717, 1.165) is 16.9 Å². The smallest absolute Gasteiger partial charge is 0.143 e. The van der Waals surface area contributed by atoms with Gasteiger partial charge in [-0.3, -0.25) is 4.68 Å². The lowest BCUT2D eigenvalue weighted by molar-refractivity contribution is 0.547. The Balaban J connectivity index is 2.37. The van der Waals surface area contributed by atoms with Crippen molar-refractivity contribution < 1.29 is 0 Å². The van der Waals surface area contributed by atoms with Gasteiger partial charge in [0.15, 0.2) is 0 Å². The summed E-state index contributed by atoms with van der Waals surface area (Å²) in [5.74, 6) is 0. The van der Waals surface area contributed by atoms with Gasteiger partial charge in [0, 0.05) is 29.9 Å². The third kappa shape index (κ3) is 3.43. The summed E-state index contributed by atoms with van der Waals surface area (Å²) >= 11 is 0. The van der Waals surface area contributed by atoms with Crippen molar-refractivity contribution in [2.24, 2.45) is 7.05 Å². The Bertz CT molecular complexity index is 671. The fraction of sp³-hybridized carbons (Fsp3) is 0.412. The largest absolute Gasteiger partial charge is 0.366 e. The minimum atomic E-state index is -0.408. The molecule has 0 aliphatic rings. The van der Waals surface area contributed by atoms with Crippen molar-refractivity contribution in [2.75, 3.05) is 5.32 Å². The molecule has 1 aromatic heterocycles. The lowest BCUT2D eigenvalue weighted by atomic mass is 9.87. The molecule has 4 heteroatoms. The van der Waals surface area contributed by atoms with E-state index in [-0.39, 0.29) is 5.41 Å². The number of nitriles is 1. The molecule has 1 atom stereocenters. The number of benzene rings is 1. The average molecular weight is 282 g/mol. The highest BCUT2D eigenvalue weighted by Crippen LogP contribution is 2.30. The molecule has 4 nitrogen and oxygen atoms in total. The molecule has 0 fully saturated rings. The van der Waals surface area contributed by atoms with Crippen LogP contribution in [-0.2, 0) is 12.5 Å². The molecule has 1 unspecified atom stereocenters. The van der Waals surface area contributed by atoms with Crippen molar-refractivity contribution in [3.05, 3.63) is 47.3 Å². The summed E-state index contributed by atoms with van der Waals surface area (Å²) in [6.07, 6.45) is 1.93. The summed E-state index contributed by atoms with van der Waals surface area (Å²) in [4.78, 5) is 0. The molecule has 0 amide bonds. The average Bonchev–Trinajstić information content (AvgIpc) is 2.78. The molecule has 0 saturated carbocycles. The second-order valence-corrected chi connectivity index (χ2v) is 6.43. The SMILES string of the molecule is Cc1cccc(NC(C#N)c2cn(C)nc2C(C)(C)C)c1. The second-order valence-electron chi connectivity index (χ2n) is 6.43. The summed E-state index contributed by atoms with van der Waals surface area (Å²) in [6.45, 7) is 8.37. The molecule has 0 saturated heterocycles. The predicted octanol–water partition coefficient (Wildman–Crippen LogP) is 3.70. The summed E-state index contributed by atoms with van der Waals surface area (Å²) in [6, 6.07) is 9.98. The van der Waals surface area contributed by atoms with Gasteiger partial charge < -0.3 is 5.32 Å². The van der Waals surface area contributed by atoms with Crippen molar-refractivity contribution >= 4 is 5.69 Å². The quantitative estimate of drug-likeness (QED) is 0.933. The van der Waals surface area contributed by atoms with E-state index in [4.69, 9.17) is 0 Å². The molecule has 0 radical (unpaired) electrons. The number of aromatic nitrogens is 2. The zero-order valence-electron chi connectivity index (χ0n) is 13.3. The fourth-order valence-electron chi connectivity index (χ4n) is 2.38. The Labute approximate surface area is 126 Å². The highest BCUT2D eigenvalue weighted by molar-refractivity contribution is 5.50. The fourth-order valence-corrected chi connectivity index (χ4v) is 2.38.